The van der Waals surface area contributed by atoms with Crippen LogP contribution >= 0.6 is 0 Å². The molecule has 0 fully saturated rings. The number of carbonyl (C=O) groups excluding carboxylic acids is 1. The van der Waals surface area contributed by atoms with Gasteiger partial charge < -0.3 is 19.5 Å². The number of para-hydroxylation sites is 2. The van der Waals surface area contributed by atoms with Gasteiger partial charge in [-0.1, -0.05) is 12.1 Å². The number of amides is 1. The number of ether oxygens (including phenoxy) is 2. The molecule has 118 valence electrons. The minimum atomic E-state index is -0.0928. The summed E-state index contributed by atoms with van der Waals surface area (Å²) in [5.41, 5.74) is 0. The van der Waals surface area contributed by atoms with E-state index in [9.17, 15) is 4.79 Å². The molecule has 0 aliphatic heterocycles. The van der Waals surface area contributed by atoms with Gasteiger partial charge in [0.2, 0.25) is 0 Å². The molecule has 0 atom stereocenters. The highest BCUT2D eigenvalue weighted by Gasteiger charge is 2.17. The first-order valence-electron chi connectivity index (χ1n) is 7.35. The molecule has 1 aromatic carbocycles. The molecular formula is C16H25NO4. The Balaban J connectivity index is 2.62. The van der Waals surface area contributed by atoms with Crippen LogP contribution in [0.2, 0.25) is 0 Å². The first-order valence-corrected chi connectivity index (χ1v) is 7.35. The van der Waals surface area contributed by atoms with E-state index in [2.05, 4.69) is 0 Å². The fourth-order valence-corrected chi connectivity index (χ4v) is 1.98. The fraction of sp³-hybridized carbons (Fsp3) is 0.562. The summed E-state index contributed by atoms with van der Waals surface area (Å²) in [6.45, 7) is 6.91. The van der Waals surface area contributed by atoms with Crippen LogP contribution in [-0.2, 0) is 4.79 Å². The second kappa shape index (κ2) is 9.23. The first-order chi connectivity index (χ1) is 10.1. The smallest absolute Gasteiger partial charge is 0.260 e. The van der Waals surface area contributed by atoms with Gasteiger partial charge in [-0.25, -0.2) is 0 Å². The zero-order chi connectivity index (χ0) is 15.7. The van der Waals surface area contributed by atoms with Gasteiger partial charge in [-0.05, 0) is 39.3 Å². The first kappa shape index (κ1) is 17.3. The second-order valence-electron chi connectivity index (χ2n) is 4.93. The maximum atomic E-state index is 12.2. The number of aliphatic hydroxyl groups is 1. The van der Waals surface area contributed by atoms with Crippen LogP contribution in [0.25, 0.3) is 0 Å². The van der Waals surface area contributed by atoms with Gasteiger partial charge in [0, 0.05) is 19.2 Å². The zero-order valence-corrected chi connectivity index (χ0v) is 13.0. The van der Waals surface area contributed by atoms with Crippen LogP contribution < -0.4 is 9.47 Å². The van der Waals surface area contributed by atoms with E-state index in [0.717, 1.165) is 0 Å². The third-order valence-corrected chi connectivity index (χ3v) is 3.00. The molecule has 0 radical (unpaired) electrons. The number of hydrogen-bond acceptors (Lipinski definition) is 4. The molecule has 5 nitrogen and oxygen atoms in total. The van der Waals surface area contributed by atoms with Crippen LogP contribution in [0.5, 0.6) is 11.5 Å². The molecule has 21 heavy (non-hydrogen) atoms. The summed E-state index contributed by atoms with van der Waals surface area (Å²) >= 11 is 0. The van der Waals surface area contributed by atoms with Gasteiger partial charge in [0.15, 0.2) is 18.1 Å². The van der Waals surface area contributed by atoms with Crippen molar-refractivity contribution in [3.63, 3.8) is 0 Å². The summed E-state index contributed by atoms with van der Waals surface area (Å²) in [4.78, 5) is 13.9. The molecule has 0 aliphatic carbocycles. The summed E-state index contributed by atoms with van der Waals surface area (Å²) in [5, 5.41) is 8.90. The maximum Gasteiger partial charge on any atom is 0.260 e. The molecular weight excluding hydrogens is 270 g/mol. The van der Waals surface area contributed by atoms with Crippen LogP contribution in [-0.4, -0.2) is 48.3 Å². The van der Waals surface area contributed by atoms with E-state index in [4.69, 9.17) is 14.6 Å². The lowest BCUT2D eigenvalue weighted by molar-refractivity contribution is -0.135. The molecule has 0 spiro atoms. The van der Waals surface area contributed by atoms with Gasteiger partial charge in [0.05, 0.1) is 6.61 Å². The Hall–Kier alpha value is -1.75. The predicted molar refractivity (Wildman–Crippen MR) is 81.7 cm³/mol. The Morgan fingerprint density at radius 3 is 2.38 bits per heavy atom. The Bertz CT molecular complexity index is 434. The normalized spacial score (nSPS) is 10.5. The standard InChI is InChI=1S/C16H25NO4/c1-4-20-14-8-5-6-9-15(14)21-12-16(19)17(13(2)3)10-7-11-18/h5-6,8-9,13,18H,4,7,10-12H2,1-3H3. The number of rotatable bonds is 9. The fourth-order valence-electron chi connectivity index (χ4n) is 1.98. The lowest BCUT2D eigenvalue weighted by Gasteiger charge is -2.26. The van der Waals surface area contributed by atoms with Gasteiger partial charge in [-0.3, -0.25) is 4.79 Å². The summed E-state index contributed by atoms with van der Waals surface area (Å²) in [6.07, 6.45) is 0.569. The lowest BCUT2D eigenvalue weighted by atomic mass is 10.3. The van der Waals surface area contributed by atoms with E-state index in [1.165, 1.54) is 0 Å². The van der Waals surface area contributed by atoms with E-state index < -0.39 is 0 Å². The molecule has 0 heterocycles. The topological polar surface area (TPSA) is 59.0 Å². The summed E-state index contributed by atoms with van der Waals surface area (Å²) in [6, 6.07) is 7.38. The van der Waals surface area contributed by atoms with Crippen molar-refractivity contribution in [1.29, 1.82) is 0 Å². The average molecular weight is 295 g/mol. The van der Waals surface area contributed by atoms with Gasteiger partial charge in [0.1, 0.15) is 0 Å². The van der Waals surface area contributed by atoms with Gasteiger partial charge >= 0.3 is 0 Å². The van der Waals surface area contributed by atoms with Gasteiger partial charge in [-0.15, -0.1) is 0 Å². The molecule has 0 unspecified atom stereocenters. The number of carbonyl (C=O) groups is 1. The van der Waals surface area contributed by atoms with E-state index in [-0.39, 0.29) is 25.2 Å². The van der Waals surface area contributed by atoms with Crippen molar-refractivity contribution in [3.05, 3.63) is 24.3 Å². The molecule has 1 aromatic rings. The van der Waals surface area contributed by atoms with Crippen molar-refractivity contribution in [3.8, 4) is 11.5 Å². The van der Waals surface area contributed by atoms with Crippen LogP contribution in [0.3, 0.4) is 0 Å². The monoisotopic (exact) mass is 295 g/mol. The molecule has 1 N–H and O–H groups in total. The Morgan fingerprint density at radius 1 is 1.24 bits per heavy atom. The Kier molecular flexibility index (Phi) is 7.61. The minimum absolute atomic E-state index is 0.0340. The van der Waals surface area contributed by atoms with E-state index in [0.29, 0.717) is 31.1 Å². The van der Waals surface area contributed by atoms with Crippen molar-refractivity contribution >= 4 is 5.91 Å². The Labute approximate surface area is 126 Å². The summed E-state index contributed by atoms with van der Waals surface area (Å²) in [5.74, 6) is 1.11. The summed E-state index contributed by atoms with van der Waals surface area (Å²) in [7, 11) is 0. The molecule has 0 saturated heterocycles. The maximum absolute atomic E-state index is 12.2. The van der Waals surface area contributed by atoms with Crippen LogP contribution in [0.15, 0.2) is 24.3 Å². The number of aliphatic hydroxyl groups excluding tert-OH is 1. The molecule has 0 aromatic heterocycles. The van der Waals surface area contributed by atoms with Crippen molar-refractivity contribution in [2.24, 2.45) is 0 Å². The predicted octanol–water partition coefficient (Wildman–Crippen LogP) is 2.08. The minimum Gasteiger partial charge on any atom is -0.490 e. The molecule has 0 bridgehead atoms. The second-order valence-corrected chi connectivity index (χ2v) is 4.93. The van der Waals surface area contributed by atoms with Crippen molar-refractivity contribution in [1.82, 2.24) is 4.90 Å². The molecule has 0 aliphatic rings. The van der Waals surface area contributed by atoms with Crippen molar-refractivity contribution < 1.29 is 19.4 Å². The molecule has 5 heteroatoms. The van der Waals surface area contributed by atoms with Crippen LogP contribution in [0.4, 0.5) is 0 Å². The van der Waals surface area contributed by atoms with Crippen LogP contribution in [0, 0.1) is 0 Å². The van der Waals surface area contributed by atoms with Crippen molar-refractivity contribution in [2.45, 2.75) is 33.2 Å². The average Bonchev–Trinajstić information content (AvgIpc) is 2.46. The number of benzene rings is 1. The highest BCUT2D eigenvalue weighted by Crippen LogP contribution is 2.26. The summed E-state index contributed by atoms with van der Waals surface area (Å²) < 4.78 is 11.0. The lowest BCUT2D eigenvalue weighted by Crippen LogP contribution is -2.40. The molecule has 0 saturated carbocycles. The highest BCUT2D eigenvalue weighted by molar-refractivity contribution is 5.78. The quantitative estimate of drug-likeness (QED) is 0.758. The SMILES string of the molecule is CCOc1ccccc1OCC(=O)N(CCCO)C(C)C. The number of hydrogen-bond donors (Lipinski definition) is 1. The highest BCUT2D eigenvalue weighted by atomic mass is 16.5. The third-order valence-electron chi connectivity index (χ3n) is 3.00. The molecule has 1 amide bonds. The van der Waals surface area contributed by atoms with Crippen molar-refractivity contribution in [2.75, 3.05) is 26.4 Å². The number of nitrogens with zero attached hydrogens (tertiary/aromatic N) is 1. The van der Waals surface area contributed by atoms with Crippen LogP contribution in [0.1, 0.15) is 27.2 Å². The van der Waals surface area contributed by atoms with E-state index in [1.54, 1.807) is 11.0 Å². The van der Waals surface area contributed by atoms with E-state index in [1.807, 2.05) is 39.0 Å². The van der Waals surface area contributed by atoms with E-state index >= 15 is 0 Å². The zero-order valence-electron chi connectivity index (χ0n) is 13.0. The largest absolute Gasteiger partial charge is 0.490 e. The van der Waals surface area contributed by atoms with Gasteiger partial charge in [-0.2, -0.15) is 0 Å². The Morgan fingerprint density at radius 2 is 1.86 bits per heavy atom. The molecule has 1 rings (SSSR count). The van der Waals surface area contributed by atoms with Gasteiger partial charge in [0.25, 0.3) is 5.91 Å². The third kappa shape index (κ3) is 5.63.